The second-order valence-electron chi connectivity index (χ2n) is 4.25. The zero-order chi connectivity index (χ0) is 14.0. The van der Waals surface area contributed by atoms with Crippen LogP contribution >= 0.6 is 12.4 Å². The third-order valence-corrected chi connectivity index (χ3v) is 2.77. The molecule has 3 N–H and O–H groups in total. The molecule has 0 aliphatic carbocycles. The van der Waals surface area contributed by atoms with E-state index in [0.29, 0.717) is 11.4 Å². The Morgan fingerprint density at radius 2 is 2.00 bits per heavy atom. The van der Waals surface area contributed by atoms with Crippen molar-refractivity contribution in [1.29, 1.82) is 0 Å². The molecule has 1 aliphatic rings. The first-order valence-corrected chi connectivity index (χ1v) is 5.69. The second-order valence-corrected chi connectivity index (χ2v) is 4.25. The summed E-state index contributed by atoms with van der Waals surface area (Å²) in [6, 6.07) is 6.29. The molecule has 0 radical (unpaired) electrons. The van der Waals surface area contributed by atoms with E-state index in [2.05, 4.69) is 5.32 Å². The van der Waals surface area contributed by atoms with E-state index in [0.717, 1.165) is 4.90 Å². The monoisotopic (exact) mass is 298 g/mol. The van der Waals surface area contributed by atoms with E-state index < -0.39 is 11.9 Å². The summed E-state index contributed by atoms with van der Waals surface area (Å²) in [7, 11) is 1.51. The number of halogens is 1. The van der Waals surface area contributed by atoms with Crippen molar-refractivity contribution >= 4 is 41.6 Å². The molecule has 108 valence electrons. The van der Waals surface area contributed by atoms with Gasteiger partial charge in [-0.2, -0.15) is 0 Å². The van der Waals surface area contributed by atoms with Crippen molar-refractivity contribution in [2.75, 3.05) is 31.2 Å². The van der Waals surface area contributed by atoms with Gasteiger partial charge in [0.2, 0.25) is 5.91 Å². The lowest BCUT2D eigenvalue weighted by molar-refractivity contribution is -0.129. The number of nitrogens with zero attached hydrogens (tertiary/aromatic N) is 2. The lowest BCUT2D eigenvalue weighted by Crippen LogP contribution is -2.38. The molecule has 2 rings (SSSR count). The number of carbonyl (C=O) groups excluding carboxylic acids is 3. The molecule has 20 heavy (non-hydrogen) atoms. The molecule has 0 saturated carbocycles. The Morgan fingerprint density at radius 3 is 2.55 bits per heavy atom. The molecule has 1 aromatic carbocycles. The lowest BCUT2D eigenvalue weighted by Gasteiger charge is -2.14. The molecule has 8 heteroatoms. The molecule has 0 atom stereocenters. The topological polar surface area (TPSA) is 95.7 Å². The fourth-order valence-electron chi connectivity index (χ4n) is 1.77. The first-order valence-electron chi connectivity index (χ1n) is 5.69. The van der Waals surface area contributed by atoms with E-state index >= 15 is 0 Å². The highest BCUT2D eigenvalue weighted by molar-refractivity contribution is 6.06. The number of para-hydroxylation sites is 2. The molecule has 4 amide bonds. The quantitative estimate of drug-likeness (QED) is 0.628. The highest BCUT2D eigenvalue weighted by atomic mass is 35.5. The van der Waals surface area contributed by atoms with Crippen LogP contribution in [-0.2, 0) is 9.59 Å². The average molecular weight is 299 g/mol. The van der Waals surface area contributed by atoms with Crippen molar-refractivity contribution in [3.8, 4) is 0 Å². The van der Waals surface area contributed by atoms with Crippen LogP contribution in [0.25, 0.3) is 0 Å². The molecular formula is C12H15ClN4O3. The molecule has 0 bridgehead atoms. The van der Waals surface area contributed by atoms with Gasteiger partial charge in [-0.15, -0.1) is 12.4 Å². The fraction of sp³-hybridized carbons (Fsp3) is 0.250. The Hall–Kier alpha value is -2.28. The van der Waals surface area contributed by atoms with Gasteiger partial charge < -0.3 is 16.0 Å². The zero-order valence-electron chi connectivity index (χ0n) is 10.8. The van der Waals surface area contributed by atoms with Gasteiger partial charge in [0, 0.05) is 7.05 Å². The minimum absolute atomic E-state index is 0. The largest absolute Gasteiger partial charge is 0.397 e. The third-order valence-electron chi connectivity index (χ3n) is 2.77. The number of benzene rings is 1. The summed E-state index contributed by atoms with van der Waals surface area (Å²) < 4.78 is 0. The molecule has 1 heterocycles. The molecule has 0 aromatic heterocycles. The summed E-state index contributed by atoms with van der Waals surface area (Å²) in [4.78, 5) is 37.1. The van der Waals surface area contributed by atoms with Gasteiger partial charge in [0.05, 0.1) is 11.4 Å². The SMILES string of the molecule is CN1CC(=O)N(CC(=O)Nc2ccccc2N)C1=O.Cl. The van der Waals surface area contributed by atoms with E-state index in [1.807, 2.05) is 0 Å². The Balaban J connectivity index is 0.00000200. The van der Waals surface area contributed by atoms with Gasteiger partial charge in [0.1, 0.15) is 13.1 Å². The number of nitrogens with one attached hydrogen (secondary N) is 1. The first kappa shape index (κ1) is 15.8. The second kappa shape index (κ2) is 6.25. The van der Waals surface area contributed by atoms with Gasteiger partial charge in [-0.1, -0.05) is 12.1 Å². The van der Waals surface area contributed by atoms with Crippen LogP contribution in [0.4, 0.5) is 16.2 Å². The third kappa shape index (κ3) is 3.18. The number of rotatable bonds is 3. The van der Waals surface area contributed by atoms with E-state index in [4.69, 9.17) is 5.73 Å². The molecule has 1 aromatic rings. The summed E-state index contributed by atoms with van der Waals surface area (Å²) in [6.07, 6.45) is 0. The van der Waals surface area contributed by atoms with Crippen molar-refractivity contribution in [2.45, 2.75) is 0 Å². The van der Waals surface area contributed by atoms with Gasteiger partial charge in [-0.25, -0.2) is 4.79 Å². The molecule has 1 fully saturated rings. The maximum Gasteiger partial charge on any atom is 0.327 e. The lowest BCUT2D eigenvalue weighted by atomic mass is 10.2. The number of hydrogen-bond acceptors (Lipinski definition) is 4. The highest BCUT2D eigenvalue weighted by Crippen LogP contribution is 2.17. The van der Waals surface area contributed by atoms with Crippen molar-refractivity contribution in [3.05, 3.63) is 24.3 Å². The number of carbonyl (C=O) groups is 3. The van der Waals surface area contributed by atoms with E-state index in [1.54, 1.807) is 24.3 Å². The van der Waals surface area contributed by atoms with Gasteiger partial charge >= 0.3 is 6.03 Å². The highest BCUT2D eigenvalue weighted by Gasteiger charge is 2.34. The van der Waals surface area contributed by atoms with Crippen LogP contribution < -0.4 is 11.1 Å². The average Bonchev–Trinajstić information content (AvgIpc) is 2.59. The molecule has 7 nitrogen and oxygen atoms in total. The number of hydrogen-bond donors (Lipinski definition) is 2. The van der Waals surface area contributed by atoms with E-state index in [-0.39, 0.29) is 31.4 Å². The summed E-state index contributed by atoms with van der Waals surface area (Å²) in [6.45, 7) is -0.310. The Bertz CT molecular complexity index is 549. The van der Waals surface area contributed by atoms with Gasteiger partial charge in [-0.05, 0) is 12.1 Å². The van der Waals surface area contributed by atoms with Crippen LogP contribution in [0.3, 0.4) is 0 Å². The Morgan fingerprint density at radius 1 is 1.35 bits per heavy atom. The Kier molecular flexibility index (Phi) is 4.93. The normalized spacial score (nSPS) is 14.2. The van der Waals surface area contributed by atoms with Crippen molar-refractivity contribution in [3.63, 3.8) is 0 Å². The maximum atomic E-state index is 11.8. The molecule has 0 spiro atoms. The zero-order valence-corrected chi connectivity index (χ0v) is 11.6. The summed E-state index contributed by atoms with van der Waals surface area (Å²) in [5.74, 6) is -0.849. The summed E-state index contributed by atoms with van der Waals surface area (Å²) >= 11 is 0. The van der Waals surface area contributed by atoms with Crippen LogP contribution in [-0.4, -0.2) is 47.8 Å². The number of urea groups is 1. The predicted molar refractivity (Wildman–Crippen MR) is 76.5 cm³/mol. The van der Waals surface area contributed by atoms with Crippen LogP contribution in [0, 0.1) is 0 Å². The van der Waals surface area contributed by atoms with E-state index in [9.17, 15) is 14.4 Å². The number of nitrogens with two attached hydrogens (primary N) is 1. The van der Waals surface area contributed by atoms with Crippen LogP contribution in [0.1, 0.15) is 0 Å². The molecule has 0 unspecified atom stereocenters. The first-order chi connectivity index (χ1) is 8.99. The number of anilines is 2. The standard InChI is InChI=1S/C12H14N4O3.ClH/c1-15-7-11(18)16(12(15)19)6-10(17)14-9-5-3-2-4-8(9)13;/h2-5H,6-7,13H2,1H3,(H,14,17);1H. The van der Waals surface area contributed by atoms with Gasteiger partial charge in [-0.3, -0.25) is 14.5 Å². The molecule has 1 aliphatic heterocycles. The number of likely N-dealkylation sites (N-methyl/N-ethyl adjacent to an activating group) is 1. The van der Waals surface area contributed by atoms with Crippen molar-refractivity contribution in [2.24, 2.45) is 0 Å². The smallest absolute Gasteiger partial charge is 0.327 e. The summed E-state index contributed by atoms with van der Waals surface area (Å²) in [5.41, 5.74) is 6.56. The van der Waals surface area contributed by atoms with Crippen molar-refractivity contribution in [1.82, 2.24) is 9.80 Å². The van der Waals surface area contributed by atoms with Gasteiger partial charge in [0.25, 0.3) is 5.91 Å². The number of nitrogen functional groups attached to an aromatic ring is 1. The minimum Gasteiger partial charge on any atom is -0.397 e. The predicted octanol–water partition coefficient (Wildman–Crippen LogP) is 0.523. The maximum absolute atomic E-state index is 11.8. The van der Waals surface area contributed by atoms with Crippen molar-refractivity contribution < 1.29 is 14.4 Å². The Labute approximate surface area is 122 Å². The molecular weight excluding hydrogens is 284 g/mol. The summed E-state index contributed by atoms with van der Waals surface area (Å²) in [5, 5.41) is 2.56. The molecule has 1 saturated heterocycles. The van der Waals surface area contributed by atoms with Crippen LogP contribution in [0.2, 0.25) is 0 Å². The van der Waals surface area contributed by atoms with Gasteiger partial charge in [0.15, 0.2) is 0 Å². The number of imide groups is 1. The number of amides is 4. The van der Waals surface area contributed by atoms with Crippen LogP contribution in [0.5, 0.6) is 0 Å². The van der Waals surface area contributed by atoms with Crippen LogP contribution in [0.15, 0.2) is 24.3 Å². The minimum atomic E-state index is -0.471. The fourth-order valence-corrected chi connectivity index (χ4v) is 1.77. The van der Waals surface area contributed by atoms with E-state index in [1.165, 1.54) is 11.9 Å².